The summed E-state index contributed by atoms with van der Waals surface area (Å²) in [6.45, 7) is 6.21. The van der Waals surface area contributed by atoms with Gasteiger partial charge in [-0.1, -0.05) is 36.8 Å². The van der Waals surface area contributed by atoms with Gasteiger partial charge in [-0.3, -0.25) is 4.79 Å². The van der Waals surface area contributed by atoms with Crippen molar-refractivity contribution in [2.45, 2.75) is 58.6 Å². The standard InChI is InChI=1S/C28H32N2O2/c1-17(2)32-27-11-7-5-9-22(27)26-16-24(21-8-4-6-10-25(21)30-26)28(31)29-18(3)23-15-19-12-13-20(23)14-19/h4-11,16-20,23H,12-15H2,1-3H3,(H,29,31)/t18-,19+,20+,23+/m0/s1. The van der Waals surface area contributed by atoms with Gasteiger partial charge in [0.25, 0.3) is 5.91 Å². The van der Waals surface area contributed by atoms with Crippen LogP contribution >= 0.6 is 0 Å². The van der Waals surface area contributed by atoms with E-state index in [1.54, 1.807) is 0 Å². The Hall–Kier alpha value is -2.88. The largest absolute Gasteiger partial charge is 0.490 e. The first-order valence-corrected chi connectivity index (χ1v) is 12.0. The summed E-state index contributed by atoms with van der Waals surface area (Å²) in [6, 6.07) is 17.9. The molecule has 2 fully saturated rings. The zero-order chi connectivity index (χ0) is 22.2. The normalized spacial score (nSPS) is 22.9. The topological polar surface area (TPSA) is 51.2 Å². The smallest absolute Gasteiger partial charge is 0.252 e. The number of fused-ring (bicyclic) bond motifs is 3. The number of amides is 1. The van der Waals surface area contributed by atoms with E-state index in [4.69, 9.17) is 9.72 Å². The van der Waals surface area contributed by atoms with Crippen LogP contribution in [0.2, 0.25) is 0 Å². The first kappa shape index (κ1) is 21.0. The Morgan fingerprint density at radius 2 is 1.81 bits per heavy atom. The molecule has 1 amide bonds. The average molecular weight is 429 g/mol. The van der Waals surface area contributed by atoms with E-state index in [-0.39, 0.29) is 18.1 Å². The van der Waals surface area contributed by atoms with E-state index in [9.17, 15) is 4.79 Å². The second kappa shape index (κ2) is 8.57. The summed E-state index contributed by atoms with van der Waals surface area (Å²) in [5.74, 6) is 3.02. The lowest BCUT2D eigenvalue weighted by Gasteiger charge is -2.28. The van der Waals surface area contributed by atoms with Crippen LogP contribution in [0.3, 0.4) is 0 Å². The van der Waals surface area contributed by atoms with E-state index in [0.29, 0.717) is 11.5 Å². The maximum absolute atomic E-state index is 13.5. The van der Waals surface area contributed by atoms with Crippen molar-refractivity contribution in [2.75, 3.05) is 0 Å². The van der Waals surface area contributed by atoms with Crippen molar-refractivity contribution in [3.05, 3.63) is 60.2 Å². The summed E-state index contributed by atoms with van der Waals surface area (Å²) in [7, 11) is 0. The van der Waals surface area contributed by atoms with E-state index in [1.165, 1.54) is 25.7 Å². The molecule has 0 radical (unpaired) electrons. The molecule has 0 unspecified atom stereocenters. The number of carbonyl (C=O) groups excluding carboxylic acids is 1. The molecule has 1 heterocycles. The quantitative estimate of drug-likeness (QED) is 0.505. The van der Waals surface area contributed by atoms with Crippen LogP contribution in [0.1, 0.15) is 56.8 Å². The van der Waals surface area contributed by atoms with Crippen molar-refractivity contribution in [1.82, 2.24) is 10.3 Å². The molecule has 2 aromatic carbocycles. The molecular formula is C28H32N2O2. The number of hydrogen-bond donors (Lipinski definition) is 1. The van der Waals surface area contributed by atoms with Crippen molar-refractivity contribution in [1.29, 1.82) is 0 Å². The van der Waals surface area contributed by atoms with Crippen LogP contribution < -0.4 is 10.1 Å². The van der Waals surface area contributed by atoms with Crippen LogP contribution in [0.15, 0.2) is 54.6 Å². The van der Waals surface area contributed by atoms with E-state index in [0.717, 1.165) is 39.7 Å². The van der Waals surface area contributed by atoms with Crippen LogP contribution in [-0.2, 0) is 0 Å². The fourth-order valence-electron chi connectivity index (χ4n) is 5.83. The lowest BCUT2D eigenvalue weighted by atomic mass is 9.84. The average Bonchev–Trinajstić information content (AvgIpc) is 3.42. The molecule has 32 heavy (non-hydrogen) atoms. The van der Waals surface area contributed by atoms with Crippen LogP contribution in [-0.4, -0.2) is 23.0 Å². The van der Waals surface area contributed by atoms with Gasteiger partial charge in [0.1, 0.15) is 5.75 Å². The van der Waals surface area contributed by atoms with Crippen LogP contribution in [0.5, 0.6) is 5.75 Å². The molecule has 166 valence electrons. The van der Waals surface area contributed by atoms with Crippen LogP contribution in [0.4, 0.5) is 0 Å². The van der Waals surface area contributed by atoms with Gasteiger partial charge in [0.2, 0.25) is 0 Å². The van der Waals surface area contributed by atoms with Gasteiger partial charge in [0, 0.05) is 17.0 Å². The number of carbonyl (C=O) groups is 1. The number of nitrogens with one attached hydrogen (secondary N) is 1. The predicted octanol–water partition coefficient (Wildman–Crippen LogP) is 6.24. The monoisotopic (exact) mass is 428 g/mol. The first-order valence-electron chi connectivity index (χ1n) is 12.0. The van der Waals surface area contributed by atoms with Crippen molar-refractivity contribution < 1.29 is 9.53 Å². The number of benzene rings is 2. The first-order chi connectivity index (χ1) is 15.5. The van der Waals surface area contributed by atoms with Crippen LogP contribution in [0, 0.1) is 17.8 Å². The van der Waals surface area contributed by atoms with Gasteiger partial charge in [-0.25, -0.2) is 4.98 Å². The van der Waals surface area contributed by atoms with Gasteiger partial charge < -0.3 is 10.1 Å². The second-order valence-electron chi connectivity index (χ2n) is 9.84. The van der Waals surface area contributed by atoms with E-state index in [2.05, 4.69) is 12.2 Å². The Bertz CT molecular complexity index is 1140. The highest BCUT2D eigenvalue weighted by Crippen LogP contribution is 2.49. The number of hydrogen-bond acceptors (Lipinski definition) is 3. The Balaban J connectivity index is 1.50. The summed E-state index contributed by atoms with van der Waals surface area (Å²) in [4.78, 5) is 18.4. The van der Waals surface area contributed by atoms with Gasteiger partial charge in [0.05, 0.1) is 22.9 Å². The zero-order valence-corrected chi connectivity index (χ0v) is 19.2. The molecule has 2 aliphatic rings. The molecular weight excluding hydrogens is 396 g/mol. The summed E-state index contributed by atoms with van der Waals surface area (Å²) in [6.07, 6.45) is 5.36. The van der Waals surface area contributed by atoms with Gasteiger partial charge in [-0.05, 0) is 82.1 Å². The number of pyridine rings is 1. The van der Waals surface area contributed by atoms with Crippen molar-refractivity contribution in [3.8, 4) is 17.0 Å². The fourth-order valence-corrected chi connectivity index (χ4v) is 5.83. The SMILES string of the molecule is CC(C)Oc1ccccc1-c1cc(C(=O)N[C@@H](C)[C@H]2C[C@@H]3CC[C@@H]2C3)c2ccccc2n1. The number of nitrogens with zero attached hydrogens (tertiary/aromatic N) is 1. The predicted molar refractivity (Wildman–Crippen MR) is 129 cm³/mol. The molecule has 0 spiro atoms. The lowest BCUT2D eigenvalue weighted by molar-refractivity contribution is 0.0917. The summed E-state index contributed by atoms with van der Waals surface area (Å²) < 4.78 is 6.03. The summed E-state index contributed by atoms with van der Waals surface area (Å²) in [5.41, 5.74) is 3.17. The maximum atomic E-state index is 13.5. The highest BCUT2D eigenvalue weighted by molar-refractivity contribution is 6.07. The Morgan fingerprint density at radius 3 is 2.56 bits per heavy atom. The molecule has 1 aromatic heterocycles. The van der Waals surface area contributed by atoms with Crippen molar-refractivity contribution in [2.24, 2.45) is 17.8 Å². The molecule has 0 saturated heterocycles. The Morgan fingerprint density at radius 1 is 1.03 bits per heavy atom. The third kappa shape index (κ3) is 3.99. The van der Waals surface area contributed by atoms with Crippen molar-refractivity contribution in [3.63, 3.8) is 0 Å². The van der Waals surface area contributed by atoms with Crippen LogP contribution in [0.25, 0.3) is 22.2 Å². The Labute approximate surface area is 190 Å². The zero-order valence-electron chi connectivity index (χ0n) is 19.2. The van der Waals surface area contributed by atoms with E-state index < -0.39 is 0 Å². The van der Waals surface area contributed by atoms with Gasteiger partial charge >= 0.3 is 0 Å². The number of rotatable bonds is 6. The van der Waals surface area contributed by atoms with Crippen molar-refractivity contribution >= 4 is 16.8 Å². The van der Waals surface area contributed by atoms with Gasteiger partial charge in [-0.2, -0.15) is 0 Å². The third-order valence-corrected chi connectivity index (χ3v) is 7.28. The minimum absolute atomic E-state index is 0.0117. The fraction of sp³-hybridized carbons (Fsp3) is 0.429. The number of para-hydroxylation sites is 2. The van der Waals surface area contributed by atoms with Gasteiger partial charge in [0.15, 0.2) is 0 Å². The molecule has 1 N–H and O–H groups in total. The molecule has 2 aliphatic carbocycles. The molecule has 5 rings (SSSR count). The molecule has 4 atom stereocenters. The minimum Gasteiger partial charge on any atom is -0.490 e. The molecule has 0 aliphatic heterocycles. The number of aromatic nitrogens is 1. The molecule has 3 aromatic rings. The maximum Gasteiger partial charge on any atom is 0.252 e. The minimum atomic E-state index is -0.0117. The third-order valence-electron chi connectivity index (χ3n) is 7.28. The van der Waals surface area contributed by atoms with E-state index >= 15 is 0 Å². The summed E-state index contributed by atoms with van der Waals surface area (Å²) in [5, 5.41) is 4.23. The highest BCUT2D eigenvalue weighted by Gasteiger charge is 2.42. The Kier molecular flexibility index (Phi) is 5.62. The second-order valence-corrected chi connectivity index (χ2v) is 9.84. The molecule has 4 nitrogen and oxygen atoms in total. The molecule has 4 heteroatoms. The summed E-state index contributed by atoms with van der Waals surface area (Å²) >= 11 is 0. The van der Waals surface area contributed by atoms with Gasteiger partial charge in [-0.15, -0.1) is 0 Å². The molecule has 2 bridgehead atoms. The number of ether oxygens (including phenoxy) is 1. The molecule has 2 saturated carbocycles. The van der Waals surface area contributed by atoms with E-state index in [1.807, 2.05) is 68.4 Å². The lowest BCUT2D eigenvalue weighted by Crippen LogP contribution is -2.40. The highest BCUT2D eigenvalue weighted by atomic mass is 16.5.